The van der Waals surface area contributed by atoms with Gasteiger partial charge in [0.1, 0.15) is 6.04 Å². The molecule has 1 aromatic rings. The van der Waals surface area contributed by atoms with Gasteiger partial charge in [-0.3, -0.25) is 4.79 Å². The highest BCUT2D eigenvalue weighted by molar-refractivity contribution is 5.96. The summed E-state index contributed by atoms with van der Waals surface area (Å²) in [6, 6.07) is 1.97. The van der Waals surface area contributed by atoms with Crippen LogP contribution in [0.2, 0.25) is 0 Å². The molecule has 0 aliphatic carbocycles. The fourth-order valence-corrected chi connectivity index (χ4v) is 1.66. The van der Waals surface area contributed by atoms with Gasteiger partial charge in [0.2, 0.25) is 0 Å². The number of ether oxygens (including phenoxy) is 1. The average Bonchev–Trinajstić information content (AvgIpc) is 2.45. The number of hydrogen-bond donors (Lipinski definition) is 1. The molecule has 1 aromatic carbocycles. The Balaban J connectivity index is 2.90. The zero-order chi connectivity index (χ0) is 15.3. The summed E-state index contributed by atoms with van der Waals surface area (Å²) in [7, 11) is 1.22. The van der Waals surface area contributed by atoms with Crippen LogP contribution in [0.3, 0.4) is 0 Å². The lowest BCUT2D eigenvalue weighted by Crippen LogP contribution is -2.45. The number of carbonyl (C=O) groups is 2. The number of esters is 1. The van der Waals surface area contributed by atoms with Crippen LogP contribution < -0.4 is 5.32 Å². The van der Waals surface area contributed by atoms with E-state index < -0.39 is 29.6 Å². The first-order valence-electron chi connectivity index (χ1n) is 6.24. The van der Waals surface area contributed by atoms with Gasteiger partial charge in [-0.05, 0) is 24.1 Å². The molecule has 0 spiro atoms. The molecule has 0 heterocycles. The van der Waals surface area contributed by atoms with Gasteiger partial charge in [-0.1, -0.05) is 20.3 Å². The molecule has 110 valence electrons. The Hall–Kier alpha value is -1.98. The Morgan fingerprint density at radius 2 is 1.95 bits per heavy atom. The minimum absolute atomic E-state index is 0.0545. The number of amides is 1. The van der Waals surface area contributed by atoms with Crippen molar-refractivity contribution in [3.05, 3.63) is 35.4 Å². The van der Waals surface area contributed by atoms with Crippen molar-refractivity contribution in [1.82, 2.24) is 5.32 Å². The number of hydrogen-bond acceptors (Lipinski definition) is 3. The molecule has 20 heavy (non-hydrogen) atoms. The normalized spacial score (nSPS) is 13.4. The van der Waals surface area contributed by atoms with Crippen molar-refractivity contribution in [2.75, 3.05) is 7.11 Å². The van der Waals surface area contributed by atoms with Crippen LogP contribution in [0.25, 0.3) is 0 Å². The molecule has 0 bridgehead atoms. The van der Waals surface area contributed by atoms with Crippen LogP contribution in [0.15, 0.2) is 18.2 Å². The van der Waals surface area contributed by atoms with Crippen LogP contribution in [-0.4, -0.2) is 25.0 Å². The predicted molar refractivity (Wildman–Crippen MR) is 69.1 cm³/mol. The standard InChI is InChI=1S/C14H17F2NO3/c1-4-8(2)12(14(19)20-3)17-13(18)9-5-6-10(15)11(16)7-9/h5-8,12H,4H2,1-3H3,(H,17,18)/t8-,12-/m1/s1. The highest BCUT2D eigenvalue weighted by atomic mass is 19.2. The molecule has 0 aliphatic heterocycles. The van der Waals surface area contributed by atoms with E-state index in [0.717, 1.165) is 18.2 Å². The van der Waals surface area contributed by atoms with E-state index in [1.165, 1.54) is 7.11 Å². The Labute approximate surface area is 116 Å². The largest absolute Gasteiger partial charge is 0.467 e. The van der Waals surface area contributed by atoms with E-state index >= 15 is 0 Å². The molecule has 0 fully saturated rings. The van der Waals surface area contributed by atoms with Gasteiger partial charge in [0.25, 0.3) is 5.91 Å². The summed E-state index contributed by atoms with van der Waals surface area (Å²) in [5.74, 6) is -3.52. The van der Waals surface area contributed by atoms with Crippen LogP contribution in [0.4, 0.5) is 8.78 Å². The second kappa shape index (κ2) is 6.98. The molecular formula is C14H17F2NO3. The number of benzene rings is 1. The maximum absolute atomic E-state index is 13.1. The maximum Gasteiger partial charge on any atom is 0.328 e. The van der Waals surface area contributed by atoms with E-state index in [2.05, 4.69) is 10.1 Å². The Kier molecular flexibility index (Phi) is 5.61. The molecule has 0 radical (unpaired) electrons. The van der Waals surface area contributed by atoms with E-state index in [0.29, 0.717) is 6.42 Å². The minimum atomic E-state index is -1.11. The summed E-state index contributed by atoms with van der Waals surface area (Å²) < 4.78 is 30.5. The van der Waals surface area contributed by atoms with Crippen molar-refractivity contribution in [3.63, 3.8) is 0 Å². The lowest BCUT2D eigenvalue weighted by molar-refractivity contribution is -0.144. The molecule has 6 heteroatoms. The fraction of sp³-hybridized carbons (Fsp3) is 0.429. The predicted octanol–water partition coefficient (Wildman–Crippen LogP) is 2.28. The number of nitrogens with one attached hydrogen (secondary N) is 1. The highest BCUT2D eigenvalue weighted by Crippen LogP contribution is 2.12. The smallest absolute Gasteiger partial charge is 0.328 e. The first-order valence-corrected chi connectivity index (χ1v) is 6.24. The third-order valence-corrected chi connectivity index (χ3v) is 3.14. The van der Waals surface area contributed by atoms with Gasteiger partial charge in [-0.25, -0.2) is 13.6 Å². The molecule has 1 N–H and O–H groups in total. The van der Waals surface area contributed by atoms with Crippen molar-refractivity contribution in [3.8, 4) is 0 Å². The van der Waals surface area contributed by atoms with E-state index in [-0.39, 0.29) is 11.5 Å². The fourth-order valence-electron chi connectivity index (χ4n) is 1.66. The summed E-state index contributed by atoms with van der Waals surface area (Å²) in [6.07, 6.45) is 0.651. The summed E-state index contributed by atoms with van der Waals surface area (Å²) >= 11 is 0. The van der Waals surface area contributed by atoms with Crippen molar-refractivity contribution >= 4 is 11.9 Å². The summed E-state index contributed by atoms with van der Waals surface area (Å²) in [5.41, 5.74) is -0.0545. The molecule has 0 aromatic heterocycles. The molecule has 1 rings (SSSR count). The molecule has 4 nitrogen and oxygen atoms in total. The van der Waals surface area contributed by atoms with Crippen molar-refractivity contribution in [2.24, 2.45) is 5.92 Å². The number of rotatable bonds is 5. The Morgan fingerprint density at radius 3 is 2.45 bits per heavy atom. The van der Waals surface area contributed by atoms with E-state index in [9.17, 15) is 18.4 Å². The van der Waals surface area contributed by atoms with Crippen LogP contribution in [0.5, 0.6) is 0 Å². The monoisotopic (exact) mass is 285 g/mol. The van der Waals surface area contributed by atoms with E-state index in [1.54, 1.807) is 6.92 Å². The van der Waals surface area contributed by atoms with Gasteiger partial charge < -0.3 is 10.1 Å². The summed E-state index contributed by atoms with van der Waals surface area (Å²) in [4.78, 5) is 23.6. The van der Waals surface area contributed by atoms with Crippen molar-refractivity contribution in [2.45, 2.75) is 26.3 Å². The zero-order valence-corrected chi connectivity index (χ0v) is 11.6. The van der Waals surface area contributed by atoms with Crippen molar-refractivity contribution in [1.29, 1.82) is 0 Å². The number of methoxy groups -OCH3 is 1. The Bertz CT molecular complexity index is 505. The van der Waals surface area contributed by atoms with Gasteiger partial charge in [0.15, 0.2) is 11.6 Å². The van der Waals surface area contributed by atoms with E-state index in [4.69, 9.17) is 0 Å². The van der Waals surface area contributed by atoms with Gasteiger partial charge in [-0.2, -0.15) is 0 Å². The van der Waals surface area contributed by atoms with Gasteiger partial charge in [-0.15, -0.1) is 0 Å². The molecule has 0 unspecified atom stereocenters. The third kappa shape index (κ3) is 3.76. The molecule has 0 saturated carbocycles. The Morgan fingerprint density at radius 1 is 1.30 bits per heavy atom. The van der Waals surface area contributed by atoms with Crippen LogP contribution >= 0.6 is 0 Å². The first kappa shape index (κ1) is 16.1. The van der Waals surface area contributed by atoms with Crippen LogP contribution in [0.1, 0.15) is 30.6 Å². The highest BCUT2D eigenvalue weighted by Gasteiger charge is 2.27. The molecule has 0 aliphatic rings. The average molecular weight is 285 g/mol. The molecular weight excluding hydrogens is 268 g/mol. The lowest BCUT2D eigenvalue weighted by Gasteiger charge is -2.21. The summed E-state index contributed by atoms with van der Waals surface area (Å²) in [5, 5.41) is 2.48. The molecule has 1 amide bonds. The van der Waals surface area contributed by atoms with Crippen LogP contribution in [-0.2, 0) is 9.53 Å². The quantitative estimate of drug-likeness (QED) is 0.844. The molecule has 0 saturated heterocycles. The number of halogens is 2. The van der Waals surface area contributed by atoms with Crippen LogP contribution in [0, 0.1) is 17.6 Å². The van der Waals surface area contributed by atoms with E-state index in [1.807, 2.05) is 6.92 Å². The van der Waals surface area contributed by atoms with Gasteiger partial charge in [0.05, 0.1) is 7.11 Å². The number of carbonyl (C=O) groups excluding carboxylic acids is 2. The summed E-state index contributed by atoms with van der Waals surface area (Å²) in [6.45, 7) is 3.65. The lowest BCUT2D eigenvalue weighted by atomic mass is 9.99. The second-order valence-corrected chi connectivity index (χ2v) is 4.49. The second-order valence-electron chi connectivity index (χ2n) is 4.49. The van der Waals surface area contributed by atoms with Gasteiger partial charge >= 0.3 is 5.97 Å². The molecule has 2 atom stereocenters. The first-order chi connectivity index (χ1) is 9.40. The third-order valence-electron chi connectivity index (χ3n) is 3.14. The zero-order valence-electron chi connectivity index (χ0n) is 11.6. The van der Waals surface area contributed by atoms with Crippen molar-refractivity contribution < 1.29 is 23.1 Å². The topological polar surface area (TPSA) is 55.4 Å². The van der Waals surface area contributed by atoms with Gasteiger partial charge in [0, 0.05) is 5.56 Å². The minimum Gasteiger partial charge on any atom is -0.467 e. The SMILES string of the molecule is CC[C@@H](C)[C@@H](NC(=O)c1ccc(F)c(F)c1)C(=O)OC. The maximum atomic E-state index is 13.1.